The smallest absolute Gasteiger partial charge is 0.371 e. The topological polar surface area (TPSA) is 75.4 Å². The molecule has 0 aliphatic heterocycles. The van der Waals surface area contributed by atoms with Gasteiger partial charge in [-0.1, -0.05) is 0 Å². The number of aromatic carboxylic acids is 1. The van der Waals surface area contributed by atoms with Crippen LogP contribution in [0.2, 0.25) is 0 Å². The second kappa shape index (κ2) is 5.11. The average Bonchev–Trinajstić information content (AvgIpc) is 2.88. The minimum atomic E-state index is -1.05. The van der Waals surface area contributed by atoms with Crippen molar-refractivity contribution < 1.29 is 14.3 Å². The molecule has 0 fully saturated rings. The number of furan rings is 1. The Morgan fingerprint density at radius 2 is 2.35 bits per heavy atom. The molecule has 0 spiro atoms. The van der Waals surface area contributed by atoms with E-state index in [0.29, 0.717) is 18.8 Å². The van der Waals surface area contributed by atoms with E-state index in [2.05, 4.69) is 10.3 Å². The number of nitrogens with zero attached hydrogens (tertiary/aromatic N) is 1. The molecule has 6 heteroatoms. The lowest BCUT2D eigenvalue weighted by Crippen LogP contribution is -2.11. The number of hydrogen-bond donors (Lipinski definition) is 2. The first-order valence-electron chi connectivity index (χ1n) is 5.09. The summed E-state index contributed by atoms with van der Waals surface area (Å²) >= 11 is 1.60. The van der Waals surface area contributed by atoms with E-state index in [9.17, 15) is 4.79 Å². The molecule has 0 atom stereocenters. The molecule has 17 heavy (non-hydrogen) atoms. The molecule has 2 aromatic heterocycles. The summed E-state index contributed by atoms with van der Waals surface area (Å²) in [6.45, 7) is 3.10. The zero-order chi connectivity index (χ0) is 12.3. The largest absolute Gasteiger partial charge is 0.475 e. The molecule has 0 saturated heterocycles. The number of hydrogen-bond acceptors (Lipinski definition) is 5. The molecule has 0 amide bonds. The standard InChI is InChI=1S/C11H12N2O3S/c1-7-6-17-10(13-7)5-12-4-8-2-3-9(16-8)11(14)15/h2-3,6,12H,4-5H2,1H3,(H,14,15). The Morgan fingerprint density at radius 3 is 2.94 bits per heavy atom. The van der Waals surface area contributed by atoms with Crippen molar-refractivity contribution in [3.05, 3.63) is 39.7 Å². The third-order valence-electron chi connectivity index (χ3n) is 2.11. The summed E-state index contributed by atoms with van der Waals surface area (Å²) in [5, 5.41) is 14.8. The summed E-state index contributed by atoms with van der Waals surface area (Å²) in [5.74, 6) is -0.477. The van der Waals surface area contributed by atoms with Crippen LogP contribution in [0.5, 0.6) is 0 Å². The van der Waals surface area contributed by atoms with Gasteiger partial charge in [-0.05, 0) is 19.1 Å². The lowest BCUT2D eigenvalue weighted by molar-refractivity contribution is 0.0660. The molecular weight excluding hydrogens is 240 g/mol. The highest BCUT2D eigenvalue weighted by molar-refractivity contribution is 7.09. The first kappa shape index (κ1) is 11.8. The van der Waals surface area contributed by atoms with Gasteiger partial charge in [0, 0.05) is 17.6 Å². The van der Waals surface area contributed by atoms with Gasteiger partial charge in [0.15, 0.2) is 0 Å². The van der Waals surface area contributed by atoms with E-state index in [4.69, 9.17) is 9.52 Å². The molecule has 0 aliphatic rings. The molecule has 0 aromatic carbocycles. The first-order chi connectivity index (χ1) is 8.15. The van der Waals surface area contributed by atoms with E-state index in [1.165, 1.54) is 6.07 Å². The predicted molar refractivity (Wildman–Crippen MR) is 63.1 cm³/mol. The number of aromatic nitrogens is 1. The van der Waals surface area contributed by atoms with Crippen LogP contribution in [-0.4, -0.2) is 16.1 Å². The van der Waals surface area contributed by atoms with Gasteiger partial charge in [0.2, 0.25) is 5.76 Å². The molecule has 2 N–H and O–H groups in total. The molecule has 5 nitrogen and oxygen atoms in total. The van der Waals surface area contributed by atoms with Crippen molar-refractivity contribution in [2.45, 2.75) is 20.0 Å². The maximum Gasteiger partial charge on any atom is 0.371 e. The highest BCUT2D eigenvalue weighted by atomic mass is 32.1. The fourth-order valence-corrected chi connectivity index (χ4v) is 2.11. The zero-order valence-electron chi connectivity index (χ0n) is 9.27. The van der Waals surface area contributed by atoms with E-state index in [1.54, 1.807) is 17.4 Å². The Hall–Kier alpha value is -1.66. The van der Waals surface area contributed by atoms with Crippen molar-refractivity contribution in [1.29, 1.82) is 0 Å². The van der Waals surface area contributed by atoms with Gasteiger partial charge in [0.1, 0.15) is 10.8 Å². The van der Waals surface area contributed by atoms with Crippen LogP contribution in [0.1, 0.15) is 27.0 Å². The van der Waals surface area contributed by atoms with Gasteiger partial charge in [-0.15, -0.1) is 11.3 Å². The van der Waals surface area contributed by atoms with E-state index in [-0.39, 0.29) is 5.76 Å². The fraction of sp³-hybridized carbons (Fsp3) is 0.273. The van der Waals surface area contributed by atoms with E-state index in [0.717, 1.165) is 10.7 Å². The van der Waals surface area contributed by atoms with Gasteiger partial charge >= 0.3 is 5.97 Å². The van der Waals surface area contributed by atoms with Crippen LogP contribution in [-0.2, 0) is 13.1 Å². The molecule has 0 saturated carbocycles. The molecule has 0 radical (unpaired) electrons. The lowest BCUT2D eigenvalue weighted by atomic mass is 10.4. The normalized spacial score (nSPS) is 10.6. The second-order valence-corrected chi connectivity index (χ2v) is 4.50. The number of carbonyl (C=O) groups is 1. The number of carboxylic acid groups (broad SMARTS) is 1. The monoisotopic (exact) mass is 252 g/mol. The van der Waals surface area contributed by atoms with Crippen LogP contribution in [0.4, 0.5) is 0 Å². The van der Waals surface area contributed by atoms with Crippen molar-refractivity contribution >= 4 is 17.3 Å². The molecule has 2 aromatic rings. The van der Waals surface area contributed by atoms with Gasteiger partial charge in [0.25, 0.3) is 0 Å². The SMILES string of the molecule is Cc1csc(CNCc2ccc(C(=O)O)o2)n1. The summed E-state index contributed by atoms with van der Waals surface area (Å²) in [6, 6.07) is 3.11. The van der Waals surface area contributed by atoms with Crippen molar-refractivity contribution in [3.8, 4) is 0 Å². The number of rotatable bonds is 5. The highest BCUT2D eigenvalue weighted by Crippen LogP contribution is 2.10. The Kier molecular flexibility index (Phi) is 3.55. The Labute approximate surface area is 102 Å². The molecule has 0 aliphatic carbocycles. The van der Waals surface area contributed by atoms with Gasteiger partial charge < -0.3 is 14.8 Å². The van der Waals surface area contributed by atoms with Crippen molar-refractivity contribution in [1.82, 2.24) is 10.3 Å². The highest BCUT2D eigenvalue weighted by Gasteiger charge is 2.08. The Balaban J connectivity index is 1.83. The Morgan fingerprint density at radius 1 is 1.53 bits per heavy atom. The van der Waals surface area contributed by atoms with Gasteiger partial charge in [-0.3, -0.25) is 0 Å². The van der Waals surface area contributed by atoms with E-state index < -0.39 is 5.97 Å². The van der Waals surface area contributed by atoms with Crippen LogP contribution in [0.15, 0.2) is 21.9 Å². The molecule has 90 valence electrons. The number of nitrogens with one attached hydrogen (secondary N) is 1. The van der Waals surface area contributed by atoms with E-state index in [1.807, 2.05) is 12.3 Å². The van der Waals surface area contributed by atoms with Crippen LogP contribution >= 0.6 is 11.3 Å². The van der Waals surface area contributed by atoms with Crippen molar-refractivity contribution in [2.75, 3.05) is 0 Å². The zero-order valence-corrected chi connectivity index (χ0v) is 10.1. The third kappa shape index (κ3) is 3.15. The van der Waals surface area contributed by atoms with Crippen LogP contribution in [0.25, 0.3) is 0 Å². The van der Waals surface area contributed by atoms with Crippen molar-refractivity contribution in [3.63, 3.8) is 0 Å². The van der Waals surface area contributed by atoms with Gasteiger partial charge in [-0.25, -0.2) is 9.78 Å². The molecule has 0 bridgehead atoms. The third-order valence-corrected chi connectivity index (χ3v) is 3.08. The molecule has 2 rings (SSSR count). The Bertz CT molecular complexity index is 518. The minimum Gasteiger partial charge on any atom is -0.475 e. The van der Waals surface area contributed by atoms with Gasteiger partial charge in [0.05, 0.1) is 6.54 Å². The van der Waals surface area contributed by atoms with Crippen molar-refractivity contribution in [2.24, 2.45) is 0 Å². The second-order valence-electron chi connectivity index (χ2n) is 3.56. The number of thiazole rings is 1. The number of aryl methyl sites for hydroxylation is 1. The summed E-state index contributed by atoms with van der Waals surface area (Å²) in [6.07, 6.45) is 0. The summed E-state index contributed by atoms with van der Waals surface area (Å²) < 4.78 is 5.11. The maximum atomic E-state index is 10.6. The quantitative estimate of drug-likeness (QED) is 0.851. The number of carboxylic acids is 1. The fourth-order valence-electron chi connectivity index (χ4n) is 1.36. The summed E-state index contributed by atoms with van der Waals surface area (Å²) in [7, 11) is 0. The molecular formula is C11H12N2O3S. The van der Waals surface area contributed by atoms with E-state index >= 15 is 0 Å². The van der Waals surface area contributed by atoms with Crippen LogP contribution in [0, 0.1) is 6.92 Å². The minimum absolute atomic E-state index is 0.0353. The summed E-state index contributed by atoms with van der Waals surface area (Å²) in [4.78, 5) is 14.9. The lowest BCUT2D eigenvalue weighted by Gasteiger charge is -1.98. The van der Waals surface area contributed by atoms with Crippen LogP contribution in [0.3, 0.4) is 0 Å². The van der Waals surface area contributed by atoms with Crippen LogP contribution < -0.4 is 5.32 Å². The first-order valence-corrected chi connectivity index (χ1v) is 5.97. The molecule has 2 heterocycles. The average molecular weight is 252 g/mol. The predicted octanol–water partition coefficient (Wildman–Crippen LogP) is 2.03. The maximum absolute atomic E-state index is 10.6. The molecule has 0 unspecified atom stereocenters. The summed E-state index contributed by atoms with van der Waals surface area (Å²) in [5.41, 5.74) is 1.01. The van der Waals surface area contributed by atoms with Gasteiger partial charge in [-0.2, -0.15) is 0 Å².